The molecule has 5 aliphatic rings. The molecule has 2 saturated carbocycles. The van der Waals surface area contributed by atoms with E-state index in [4.69, 9.17) is 0 Å². The Morgan fingerprint density at radius 1 is 1.00 bits per heavy atom. The molecule has 118 valence electrons. The van der Waals surface area contributed by atoms with Crippen molar-refractivity contribution in [2.24, 2.45) is 35.5 Å². The number of rotatable bonds is 3. The number of hydrogen-bond donors (Lipinski definition) is 1. The Morgan fingerprint density at radius 2 is 1.57 bits per heavy atom. The summed E-state index contributed by atoms with van der Waals surface area (Å²) in [4.78, 5) is 27.0. The molecule has 1 heterocycles. The second-order valence-electron chi connectivity index (χ2n) is 7.10. The van der Waals surface area contributed by atoms with E-state index in [-0.39, 0.29) is 30.3 Å². The van der Waals surface area contributed by atoms with Crippen LogP contribution < -0.4 is 5.32 Å². The Hall–Kier alpha value is -1.62. The molecule has 1 aromatic rings. The topological polar surface area (TPSA) is 49.4 Å². The maximum Gasteiger partial charge on any atom is 0.235 e. The molecule has 0 aromatic heterocycles. The molecule has 1 N–H and O–H groups in total. The van der Waals surface area contributed by atoms with E-state index in [1.165, 1.54) is 11.3 Å². The lowest BCUT2D eigenvalue weighted by Crippen LogP contribution is -2.40. The van der Waals surface area contributed by atoms with Gasteiger partial charge in [0.2, 0.25) is 11.8 Å². The second kappa shape index (κ2) is 4.69. The summed E-state index contributed by atoms with van der Waals surface area (Å²) in [6, 6.07) is 7.74. The number of carbonyl (C=O) groups excluding carboxylic acids is 2. The number of likely N-dealkylation sites (tertiary alicyclic amines) is 1. The summed E-state index contributed by atoms with van der Waals surface area (Å²) in [5.41, 5.74) is 0.910. The Bertz CT molecular complexity index is 693. The molecular weight excluding hydrogens is 356 g/mol. The number of anilines is 1. The van der Waals surface area contributed by atoms with Gasteiger partial charge in [0.25, 0.3) is 0 Å². The summed E-state index contributed by atoms with van der Waals surface area (Å²) in [5, 5.41) is 3.20. The van der Waals surface area contributed by atoms with Crippen LogP contribution in [0.5, 0.6) is 0 Å². The first-order valence-corrected chi connectivity index (χ1v) is 8.97. The first-order valence-electron chi connectivity index (χ1n) is 8.18. The zero-order valence-electron chi connectivity index (χ0n) is 12.5. The fourth-order valence-electron chi connectivity index (χ4n) is 4.91. The second-order valence-corrected chi connectivity index (χ2v) is 8.02. The standard InChI is InChI=1S/C18H17BrN2O2/c19-9-1-3-10(4-2-9)20-8-21-17(22)15-11-5-6-12(14-7-13(11)14)16(15)18(21)23/h1-6,11-16,20H,7-8H2/t11-,12-,13-,14+,15+,16+/m1/s1. The summed E-state index contributed by atoms with van der Waals surface area (Å²) in [5.74, 6) is 1.74. The molecule has 2 amide bonds. The molecule has 2 bridgehead atoms. The van der Waals surface area contributed by atoms with Crippen LogP contribution in [-0.4, -0.2) is 23.4 Å². The number of nitrogens with zero attached hydrogens (tertiary/aromatic N) is 1. The van der Waals surface area contributed by atoms with Crippen molar-refractivity contribution in [1.82, 2.24) is 4.90 Å². The van der Waals surface area contributed by atoms with Gasteiger partial charge in [-0.3, -0.25) is 14.5 Å². The molecule has 23 heavy (non-hydrogen) atoms. The van der Waals surface area contributed by atoms with Crippen LogP contribution in [0, 0.1) is 35.5 Å². The van der Waals surface area contributed by atoms with Gasteiger partial charge in [0.1, 0.15) is 0 Å². The van der Waals surface area contributed by atoms with Gasteiger partial charge in [0, 0.05) is 10.2 Å². The Kier molecular flexibility index (Phi) is 2.81. The minimum atomic E-state index is -0.104. The van der Waals surface area contributed by atoms with Gasteiger partial charge < -0.3 is 5.32 Å². The molecule has 0 unspecified atom stereocenters. The molecule has 6 atom stereocenters. The van der Waals surface area contributed by atoms with Crippen molar-refractivity contribution in [3.05, 3.63) is 40.9 Å². The van der Waals surface area contributed by atoms with Gasteiger partial charge in [-0.15, -0.1) is 0 Å². The number of allylic oxidation sites excluding steroid dienone is 2. The van der Waals surface area contributed by atoms with Crippen LogP contribution in [0.2, 0.25) is 0 Å². The van der Waals surface area contributed by atoms with Crippen LogP contribution in [0.15, 0.2) is 40.9 Å². The molecule has 1 saturated heterocycles. The van der Waals surface area contributed by atoms with Crippen LogP contribution in [0.3, 0.4) is 0 Å². The molecule has 1 aromatic carbocycles. The third-order valence-electron chi connectivity index (χ3n) is 6.04. The molecule has 0 spiro atoms. The highest BCUT2D eigenvalue weighted by Gasteiger charge is 2.66. The van der Waals surface area contributed by atoms with Gasteiger partial charge in [0.05, 0.1) is 18.5 Å². The number of hydrogen-bond acceptors (Lipinski definition) is 3. The maximum absolute atomic E-state index is 12.8. The highest BCUT2D eigenvalue weighted by molar-refractivity contribution is 9.10. The molecule has 4 aliphatic carbocycles. The number of amides is 2. The smallest absolute Gasteiger partial charge is 0.235 e. The van der Waals surface area contributed by atoms with E-state index in [1.807, 2.05) is 24.3 Å². The predicted molar refractivity (Wildman–Crippen MR) is 89.2 cm³/mol. The zero-order valence-corrected chi connectivity index (χ0v) is 14.1. The number of benzene rings is 1. The van der Waals surface area contributed by atoms with Crippen LogP contribution in [0.4, 0.5) is 5.69 Å². The Morgan fingerprint density at radius 3 is 2.13 bits per heavy atom. The van der Waals surface area contributed by atoms with Crippen molar-refractivity contribution in [3.63, 3.8) is 0 Å². The van der Waals surface area contributed by atoms with Gasteiger partial charge >= 0.3 is 0 Å². The van der Waals surface area contributed by atoms with Crippen LogP contribution in [-0.2, 0) is 9.59 Å². The van der Waals surface area contributed by atoms with Gasteiger partial charge in [-0.2, -0.15) is 0 Å². The lowest BCUT2D eigenvalue weighted by atomic mass is 9.63. The summed E-state index contributed by atoms with van der Waals surface area (Å²) in [6.07, 6.45) is 5.61. The van der Waals surface area contributed by atoms with E-state index in [0.29, 0.717) is 23.7 Å². The molecule has 0 radical (unpaired) electrons. The first kappa shape index (κ1) is 13.8. The summed E-state index contributed by atoms with van der Waals surface area (Å²) < 4.78 is 1.00. The molecule has 3 fully saturated rings. The summed E-state index contributed by atoms with van der Waals surface area (Å²) in [6.45, 7) is 0.265. The van der Waals surface area contributed by atoms with Crippen molar-refractivity contribution in [3.8, 4) is 0 Å². The largest absolute Gasteiger partial charge is 0.367 e. The molecule has 4 nitrogen and oxygen atoms in total. The molecule has 5 heteroatoms. The third kappa shape index (κ3) is 1.89. The van der Waals surface area contributed by atoms with Crippen molar-refractivity contribution >= 4 is 33.4 Å². The first-order chi connectivity index (χ1) is 11.1. The molecular formula is C18H17BrN2O2. The number of imide groups is 1. The fourth-order valence-corrected chi connectivity index (χ4v) is 5.18. The monoisotopic (exact) mass is 372 g/mol. The number of carbonyl (C=O) groups is 2. The predicted octanol–water partition coefficient (Wildman–Crippen LogP) is 2.87. The van der Waals surface area contributed by atoms with Gasteiger partial charge in [-0.05, 0) is 54.4 Å². The van der Waals surface area contributed by atoms with Crippen LogP contribution in [0.1, 0.15) is 6.42 Å². The van der Waals surface area contributed by atoms with E-state index in [0.717, 1.165) is 10.2 Å². The zero-order chi connectivity index (χ0) is 15.7. The number of nitrogens with one attached hydrogen (secondary N) is 1. The SMILES string of the molecule is O=C1[C@H]2[C@@H]3C=C[C@H]([C@@H]4C[C@H]34)[C@@H]2C(=O)N1CNc1ccc(Br)cc1. The summed E-state index contributed by atoms with van der Waals surface area (Å²) >= 11 is 3.40. The third-order valence-corrected chi connectivity index (χ3v) is 6.57. The van der Waals surface area contributed by atoms with E-state index in [9.17, 15) is 9.59 Å². The maximum atomic E-state index is 12.8. The molecule has 6 rings (SSSR count). The van der Waals surface area contributed by atoms with Gasteiger partial charge in [0.15, 0.2) is 0 Å². The lowest BCUT2D eigenvalue weighted by Gasteiger charge is -2.37. The van der Waals surface area contributed by atoms with Crippen molar-refractivity contribution in [1.29, 1.82) is 0 Å². The van der Waals surface area contributed by atoms with Crippen LogP contribution >= 0.6 is 15.9 Å². The van der Waals surface area contributed by atoms with Gasteiger partial charge in [-0.1, -0.05) is 28.1 Å². The van der Waals surface area contributed by atoms with E-state index in [1.54, 1.807) is 0 Å². The number of halogens is 1. The van der Waals surface area contributed by atoms with Gasteiger partial charge in [-0.25, -0.2) is 0 Å². The Balaban J connectivity index is 1.36. The van der Waals surface area contributed by atoms with E-state index < -0.39 is 0 Å². The van der Waals surface area contributed by atoms with E-state index >= 15 is 0 Å². The Labute approximate surface area is 143 Å². The highest BCUT2D eigenvalue weighted by atomic mass is 79.9. The quantitative estimate of drug-likeness (QED) is 0.655. The average molecular weight is 373 g/mol. The average Bonchev–Trinajstić information content (AvgIpc) is 3.33. The lowest BCUT2D eigenvalue weighted by molar-refractivity contribution is -0.139. The normalized spacial score (nSPS) is 39.4. The fraction of sp³-hybridized carbons (Fsp3) is 0.444. The van der Waals surface area contributed by atoms with Crippen molar-refractivity contribution in [2.45, 2.75) is 6.42 Å². The minimum Gasteiger partial charge on any atom is -0.367 e. The summed E-state index contributed by atoms with van der Waals surface area (Å²) in [7, 11) is 0. The van der Waals surface area contributed by atoms with Crippen molar-refractivity contribution < 1.29 is 9.59 Å². The highest BCUT2D eigenvalue weighted by Crippen LogP contribution is 2.65. The molecule has 1 aliphatic heterocycles. The van der Waals surface area contributed by atoms with Crippen molar-refractivity contribution in [2.75, 3.05) is 12.0 Å². The van der Waals surface area contributed by atoms with Crippen LogP contribution in [0.25, 0.3) is 0 Å². The van der Waals surface area contributed by atoms with E-state index in [2.05, 4.69) is 33.4 Å². The minimum absolute atomic E-state index is 0.0225.